The smallest absolute Gasteiger partial charge is 0.332 e. The van der Waals surface area contributed by atoms with Gasteiger partial charge in [-0.2, -0.15) is 0 Å². The summed E-state index contributed by atoms with van der Waals surface area (Å²) in [5.74, 6) is -3.17. The normalized spacial score (nSPS) is 15.8. The Morgan fingerprint density at radius 2 is 1.87 bits per heavy atom. The van der Waals surface area contributed by atoms with Gasteiger partial charge < -0.3 is 14.8 Å². The van der Waals surface area contributed by atoms with Crippen LogP contribution in [0.25, 0.3) is 22.6 Å². The SMILES string of the molecule is Cn1c(=O)c2c(ncn2CC(=O)Nc2ccnc(-c3cnc(N4CCC(C(C)(F)F)C4)nc3)n2)n(C)c1=O. The van der Waals surface area contributed by atoms with E-state index in [0.717, 1.165) is 11.5 Å². The van der Waals surface area contributed by atoms with Crippen molar-refractivity contribution in [2.75, 3.05) is 23.3 Å². The lowest BCUT2D eigenvalue weighted by molar-refractivity contribution is -0.116. The number of carbonyl (C=O) groups is 1. The number of hydrogen-bond acceptors (Lipinski definition) is 9. The number of nitrogens with zero attached hydrogens (tertiary/aromatic N) is 9. The van der Waals surface area contributed by atoms with E-state index in [1.807, 2.05) is 0 Å². The number of halogens is 2. The second-order valence-corrected chi connectivity index (χ2v) is 9.22. The quantitative estimate of drug-likeness (QED) is 0.385. The number of fused-ring (bicyclic) bond motifs is 1. The van der Waals surface area contributed by atoms with Crippen LogP contribution in [-0.2, 0) is 25.4 Å². The fourth-order valence-corrected chi connectivity index (χ4v) is 4.38. The van der Waals surface area contributed by atoms with Crippen molar-refractivity contribution < 1.29 is 13.6 Å². The maximum absolute atomic E-state index is 13.6. The molecule has 1 saturated heterocycles. The van der Waals surface area contributed by atoms with Crippen molar-refractivity contribution in [2.45, 2.75) is 25.8 Å². The Kier molecular flexibility index (Phi) is 6.20. The number of nitrogens with one attached hydrogen (secondary N) is 1. The van der Waals surface area contributed by atoms with Crippen LogP contribution < -0.4 is 21.5 Å². The molecule has 1 N–H and O–H groups in total. The zero-order chi connectivity index (χ0) is 27.2. The van der Waals surface area contributed by atoms with Crippen molar-refractivity contribution in [3.63, 3.8) is 0 Å². The van der Waals surface area contributed by atoms with Crippen LogP contribution in [0.2, 0.25) is 0 Å². The van der Waals surface area contributed by atoms with Gasteiger partial charge in [-0.15, -0.1) is 0 Å². The Balaban J connectivity index is 1.29. The standard InChI is InChI=1S/C23H24F2N10O3/c1-23(24,25)14-5-7-34(10-14)21-27-8-13(9-28-21)18-26-6-4-15(31-18)30-16(36)11-35-12-29-19-17(35)20(37)33(3)22(38)32(19)2/h4,6,8-9,12,14H,5,7,10-11H2,1-3H3,(H,26,30,31,36). The molecule has 1 unspecified atom stereocenters. The Bertz CT molecular complexity index is 1640. The van der Waals surface area contributed by atoms with Crippen molar-refractivity contribution in [1.29, 1.82) is 0 Å². The Morgan fingerprint density at radius 1 is 1.13 bits per heavy atom. The van der Waals surface area contributed by atoms with E-state index in [1.54, 1.807) is 4.90 Å². The van der Waals surface area contributed by atoms with Crippen LogP contribution in [0, 0.1) is 5.92 Å². The average molecular weight is 527 g/mol. The summed E-state index contributed by atoms with van der Waals surface area (Å²) in [5, 5.41) is 2.65. The highest BCUT2D eigenvalue weighted by Gasteiger charge is 2.39. The summed E-state index contributed by atoms with van der Waals surface area (Å²) in [7, 11) is 2.84. The van der Waals surface area contributed by atoms with E-state index in [1.165, 1.54) is 54.2 Å². The van der Waals surface area contributed by atoms with Gasteiger partial charge in [-0.1, -0.05) is 0 Å². The van der Waals surface area contributed by atoms with Gasteiger partial charge >= 0.3 is 5.69 Å². The first-order valence-electron chi connectivity index (χ1n) is 11.7. The van der Waals surface area contributed by atoms with E-state index in [0.29, 0.717) is 24.5 Å². The van der Waals surface area contributed by atoms with Gasteiger partial charge in [-0.05, 0) is 19.4 Å². The summed E-state index contributed by atoms with van der Waals surface area (Å²) in [4.78, 5) is 60.3. The molecule has 0 saturated carbocycles. The van der Waals surface area contributed by atoms with Gasteiger partial charge in [0.05, 0.1) is 11.9 Å². The van der Waals surface area contributed by atoms with Crippen molar-refractivity contribution in [2.24, 2.45) is 20.0 Å². The van der Waals surface area contributed by atoms with Crippen LogP contribution in [0.1, 0.15) is 13.3 Å². The lowest BCUT2D eigenvalue weighted by Crippen LogP contribution is -2.37. The summed E-state index contributed by atoms with van der Waals surface area (Å²) in [6, 6.07) is 1.50. The van der Waals surface area contributed by atoms with E-state index in [4.69, 9.17) is 0 Å². The summed E-state index contributed by atoms with van der Waals surface area (Å²) in [5.41, 5.74) is -0.306. The molecule has 0 spiro atoms. The molecular weight excluding hydrogens is 502 g/mol. The lowest BCUT2D eigenvalue weighted by Gasteiger charge is -2.19. The van der Waals surface area contributed by atoms with Crippen molar-refractivity contribution in [3.8, 4) is 11.4 Å². The van der Waals surface area contributed by atoms with Crippen molar-refractivity contribution in [1.82, 2.24) is 38.6 Å². The number of aromatic nitrogens is 8. The van der Waals surface area contributed by atoms with Crippen LogP contribution in [0.3, 0.4) is 0 Å². The monoisotopic (exact) mass is 526 g/mol. The third-order valence-electron chi connectivity index (χ3n) is 6.54. The van der Waals surface area contributed by atoms with Crippen molar-refractivity contribution in [3.05, 3.63) is 51.8 Å². The second-order valence-electron chi connectivity index (χ2n) is 9.22. The summed E-state index contributed by atoms with van der Waals surface area (Å²) in [6.07, 6.45) is 6.13. The molecule has 13 nitrogen and oxygen atoms in total. The van der Waals surface area contributed by atoms with Gasteiger partial charge in [0.1, 0.15) is 12.4 Å². The van der Waals surface area contributed by atoms with Crippen LogP contribution in [-0.4, -0.2) is 63.5 Å². The highest BCUT2D eigenvalue weighted by Crippen LogP contribution is 2.33. The molecule has 198 valence electrons. The molecule has 1 aliphatic rings. The molecule has 38 heavy (non-hydrogen) atoms. The summed E-state index contributed by atoms with van der Waals surface area (Å²) >= 11 is 0. The van der Waals surface area contributed by atoms with Gasteiger partial charge in [-0.3, -0.25) is 18.7 Å². The van der Waals surface area contributed by atoms with Gasteiger partial charge in [0.15, 0.2) is 17.0 Å². The third-order valence-corrected chi connectivity index (χ3v) is 6.54. The molecule has 1 atom stereocenters. The van der Waals surface area contributed by atoms with E-state index in [2.05, 4.69) is 30.2 Å². The molecule has 0 bridgehead atoms. The van der Waals surface area contributed by atoms with Gasteiger partial charge in [0, 0.05) is 51.7 Å². The fourth-order valence-electron chi connectivity index (χ4n) is 4.38. The van der Waals surface area contributed by atoms with Gasteiger partial charge in [0.2, 0.25) is 17.8 Å². The largest absolute Gasteiger partial charge is 0.340 e. The molecule has 4 aromatic rings. The molecule has 15 heteroatoms. The van der Waals surface area contributed by atoms with Crippen LogP contribution in [0.15, 0.2) is 40.6 Å². The van der Waals surface area contributed by atoms with Gasteiger partial charge in [0.25, 0.3) is 5.56 Å². The molecule has 0 aromatic carbocycles. The predicted molar refractivity (Wildman–Crippen MR) is 133 cm³/mol. The van der Waals surface area contributed by atoms with Crippen LogP contribution in [0.4, 0.5) is 20.5 Å². The lowest BCUT2D eigenvalue weighted by atomic mass is 10.0. The molecule has 1 aliphatic heterocycles. The maximum atomic E-state index is 13.6. The first kappa shape index (κ1) is 25.1. The zero-order valence-electron chi connectivity index (χ0n) is 20.8. The molecule has 5 heterocycles. The molecule has 1 amide bonds. The molecule has 1 fully saturated rings. The molecule has 0 aliphatic carbocycles. The first-order chi connectivity index (χ1) is 18.0. The van der Waals surface area contributed by atoms with E-state index >= 15 is 0 Å². The van der Waals surface area contributed by atoms with Crippen LogP contribution >= 0.6 is 0 Å². The Labute approximate surface area is 213 Å². The maximum Gasteiger partial charge on any atom is 0.332 e. The minimum absolute atomic E-state index is 0.123. The highest BCUT2D eigenvalue weighted by molar-refractivity contribution is 5.90. The Hall–Kier alpha value is -4.56. The minimum Gasteiger partial charge on any atom is -0.340 e. The number of imidazole rings is 1. The van der Waals surface area contributed by atoms with Crippen molar-refractivity contribution >= 4 is 28.8 Å². The zero-order valence-corrected chi connectivity index (χ0v) is 20.8. The number of hydrogen-bond donors (Lipinski definition) is 1. The number of rotatable bonds is 6. The predicted octanol–water partition coefficient (Wildman–Crippen LogP) is 0.801. The third kappa shape index (κ3) is 4.62. The van der Waals surface area contributed by atoms with E-state index in [-0.39, 0.29) is 35.9 Å². The second kappa shape index (κ2) is 9.39. The average Bonchev–Trinajstić information content (AvgIpc) is 3.55. The van der Waals surface area contributed by atoms with E-state index in [9.17, 15) is 23.2 Å². The highest BCUT2D eigenvalue weighted by atomic mass is 19.3. The number of aryl methyl sites for hydroxylation is 1. The topological polar surface area (TPSA) is 146 Å². The minimum atomic E-state index is -2.76. The Morgan fingerprint density at radius 3 is 2.55 bits per heavy atom. The first-order valence-corrected chi connectivity index (χ1v) is 11.7. The number of anilines is 2. The number of amides is 1. The summed E-state index contributed by atoms with van der Waals surface area (Å²) in [6.45, 7) is 1.31. The molecule has 0 radical (unpaired) electrons. The molecular formula is C23H24F2N10O3. The summed E-state index contributed by atoms with van der Waals surface area (Å²) < 4.78 is 30.8. The van der Waals surface area contributed by atoms with Gasteiger partial charge in [-0.25, -0.2) is 38.5 Å². The fraction of sp³-hybridized carbons (Fsp3) is 0.391. The van der Waals surface area contributed by atoms with E-state index < -0.39 is 29.0 Å². The molecule has 4 aromatic heterocycles. The molecule has 5 rings (SSSR count). The van der Waals surface area contributed by atoms with Crippen LogP contribution in [0.5, 0.6) is 0 Å². The number of carbonyl (C=O) groups excluding carboxylic acids is 1. The number of alkyl halides is 2.